The SMILES string of the molecule is Cc1ccc(C2(F)CCN(C(=O)c3csc(-c4cn[nH]c4)c3)CC2)c(Cl)c1. The summed E-state index contributed by atoms with van der Waals surface area (Å²) in [5.41, 5.74) is 1.63. The van der Waals surface area contributed by atoms with Gasteiger partial charge in [-0.25, -0.2) is 4.39 Å². The van der Waals surface area contributed by atoms with Crippen molar-refractivity contribution in [2.75, 3.05) is 13.1 Å². The van der Waals surface area contributed by atoms with E-state index in [1.165, 1.54) is 11.3 Å². The quantitative estimate of drug-likeness (QED) is 0.653. The Hall–Kier alpha value is -2.18. The standard InChI is InChI=1S/C20H19ClFN3OS/c1-13-2-3-16(17(21)8-13)20(22)4-6-25(7-5-20)19(26)14-9-18(27-12-14)15-10-23-24-11-15/h2-3,8-12H,4-7H2,1H3,(H,23,24). The molecule has 3 heterocycles. The number of thiophene rings is 1. The largest absolute Gasteiger partial charge is 0.338 e. The Morgan fingerprint density at radius 3 is 2.78 bits per heavy atom. The first-order chi connectivity index (χ1) is 13.0. The highest BCUT2D eigenvalue weighted by Gasteiger charge is 2.39. The number of H-pyrrole nitrogens is 1. The van der Waals surface area contributed by atoms with Crippen LogP contribution in [0, 0.1) is 6.92 Å². The molecule has 1 N–H and O–H groups in total. The fourth-order valence-corrected chi connectivity index (χ4v) is 4.76. The van der Waals surface area contributed by atoms with Crippen molar-refractivity contribution in [3.63, 3.8) is 0 Å². The number of aromatic amines is 1. The van der Waals surface area contributed by atoms with Gasteiger partial charge in [-0.15, -0.1) is 11.3 Å². The van der Waals surface area contributed by atoms with Crippen molar-refractivity contribution < 1.29 is 9.18 Å². The van der Waals surface area contributed by atoms with E-state index in [4.69, 9.17) is 11.6 Å². The predicted molar refractivity (Wildman–Crippen MR) is 106 cm³/mol. The molecule has 1 saturated heterocycles. The number of carbonyl (C=O) groups excluding carboxylic acids is 1. The summed E-state index contributed by atoms with van der Waals surface area (Å²) in [5.74, 6) is -0.0574. The molecule has 0 aliphatic carbocycles. The molecule has 1 aliphatic heterocycles. The Kier molecular flexibility index (Phi) is 4.78. The predicted octanol–water partition coefficient (Wildman–Crippen LogP) is 5.20. The zero-order chi connectivity index (χ0) is 19.0. The second kappa shape index (κ2) is 7.09. The minimum atomic E-state index is -1.49. The van der Waals surface area contributed by atoms with Gasteiger partial charge in [0.2, 0.25) is 0 Å². The number of alkyl halides is 1. The third-order valence-electron chi connectivity index (χ3n) is 5.08. The summed E-state index contributed by atoms with van der Waals surface area (Å²) in [6.45, 7) is 2.67. The van der Waals surface area contributed by atoms with E-state index in [0.29, 0.717) is 29.2 Å². The van der Waals surface area contributed by atoms with Gasteiger partial charge in [0.05, 0.1) is 11.8 Å². The highest BCUT2D eigenvalue weighted by molar-refractivity contribution is 7.13. The third kappa shape index (κ3) is 3.51. The number of hydrogen-bond acceptors (Lipinski definition) is 3. The Labute approximate surface area is 166 Å². The fourth-order valence-electron chi connectivity index (χ4n) is 3.49. The molecule has 0 unspecified atom stereocenters. The highest BCUT2D eigenvalue weighted by atomic mass is 35.5. The van der Waals surface area contributed by atoms with E-state index < -0.39 is 5.67 Å². The minimum absolute atomic E-state index is 0.0574. The maximum atomic E-state index is 15.5. The Balaban J connectivity index is 1.46. The van der Waals surface area contributed by atoms with Gasteiger partial charge in [-0.2, -0.15) is 5.10 Å². The fraction of sp³-hybridized carbons (Fsp3) is 0.300. The number of aryl methyl sites for hydroxylation is 1. The smallest absolute Gasteiger partial charge is 0.254 e. The summed E-state index contributed by atoms with van der Waals surface area (Å²) in [5, 5.41) is 9.01. The maximum Gasteiger partial charge on any atom is 0.254 e. The number of nitrogens with one attached hydrogen (secondary N) is 1. The van der Waals surface area contributed by atoms with Crippen LogP contribution in [0.15, 0.2) is 42.0 Å². The summed E-state index contributed by atoms with van der Waals surface area (Å²) in [6.07, 6.45) is 4.02. The number of benzene rings is 1. The highest BCUT2D eigenvalue weighted by Crippen LogP contribution is 2.41. The van der Waals surface area contributed by atoms with Gasteiger partial charge in [-0.1, -0.05) is 23.7 Å². The van der Waals surface area contributed by atoms with E-state index in [9.17, 15) is 4.79 Å². The molecule has 0 atom stereocenters. The number of halogens is 2. The average molecular weight is 404 g/mol. The van der Waals surface area contributed by atoms with Gasteiger partial charge in [0.1, 0.15) is 5.67 Å². The Bertz CT molecular complexity index is 962. The zero-order valence-electron chi connectivity index (χ0n) is 14.8. The number of carbonyl (C=O) groups is 1. The van der Waals surface area contributed by atoms with Crippen LogP contribution in [-0.2, 0) is 5.67 Å². The van der Waals surface area contributed by atoms with Gasteiger partial charge in [-0.3, -0.25) is 9.89 Å². The summed E-state index contributed by atoms with van der Waals surface area (Å²) in [6, 6.07) is 7.30. The molecule has 1 aromatic carbocycles. The van der Waals surface area contributed by atoms with Gasteiger partial charge in [0, 0.05) is 58.5 Å². The van der Waals surface area contributed by atoms with Crippen molar-refractivity contribution in [2.45, 2.75) is 25.4 Å². The molecule has 1 aliphatic rings. The molecule has 4 rings (SSSR count). The van der Waals surface area contributed by atoms with Crippen LogP contribution in [0.3, 0.4) is 0 Å². The van der Waals surface area contributed by atoms with E-state index in [1.54, 1.807) is 29.4 Å². The number of nitrogens with zero attached hydrogens (tertiary/aromatic N) is 2. The molecule has 0 radical (unpaired) electrons. The van der Waals surface area contributed by atoms with Crippen molar-refractivity contribution >= 4 is 28.8 Å². The van der Waals surface area contributed by atoms with E-state index in [2.05, 4.69) is 10.2 Å². The molecule has 140 valence electrons. The minimum Gasteiger partial charge on any atom is -0.338 e. The second-order valence-corrected chi connectivity index (χ2v) is 8.25. The lowest BCUT2D eigenvalue weighted by atomic mass is 9.85. The first kappa shape index (κ1) is 18.2. The second-order valence-electron chi connectivity index (χ2n) is 6.93. The van der Waals surface area contributed by atoms with Gasteiger partial charge in [0.25, 0.3) is 5.91 Å². The van der Waals surface area contributed by atoms with E-state index >= 15 is 4.39 Å². The van der Waals surface area contributed by atoms with E-state index in [-0.39, 0.29) is 18.7 Å². The monoisotopic (exact) mass is 403 g/mol. The number of piperidine rings is 1. The van der Waals surface area contributed by atoms with Crippen LogP contribution in [0.25, 0.3) is 10.4 Å². The molecule has 27 heavy (non-hydrogen) atoms. The van der Waals surface area contributed by atoms with Crippen LogP contribution in [0.4, 0.5) is 4.39 Å². The molecule has 4 nitrogen and oxygen atoms in total. The van der Waals surface area contributed by atoms with Crippen LogP contribution in [0.1, 0.15) is 34.3 Å². The van der Waals surface area contributed by atoms with Crippen LogP contribution in [0.2, 0.25) is 5.02 Å². The number of amides is 1. The number of likely N-dealkylation sites (tertiary alicyclic amines) is 1. The van der Waals surface area contributed by atoms with Crippen molar-refractivity contribution in [2.24, 2.45) is 0 Å². The van der Waals surface area contributed by atoms with Gasteiger partial charge >= 0.3 is 0 Å². The molecule has 3 aromatic rings. The molecule has 1 fully saturated rings. The topological polar surface area (TPSA) is 49.0 Å². The zero-order valence-corrected chi connectivity index (χ0v) is 16.4. The van der Waals surface area contributed by atoms with Crippen molar-refractivity contribution in [3.05, 3.63) is 63.8 Å². The molecule has 7 heteroatoms. The van der Waals surface area contributed by atoms with E-state index in [0.717, 1.165) is 16.0 Å². The summed E-state index contributed by atoms with van der Waals surface area (Å²) in [4.78, 5) is 15.5. The molecule has 1 amide bonds. The van der Waals surface area contributed by atoms with Crippen LogP contribution in [-0.4, -0.2) is 34.1 Å². The van der Waals surface area contributed by atoms with Gasteiger partial charge in [0.15, 0.2) is 0 Å². The van der Waals surface area contributed by atoms with Gasteiger partial charge in [-0.05, 0) is 24.6 Å². The number of aromatic nitrogens is 2. The molecule has 0 saturated carbocycles. The van der Waals surface area contributed by atoms with Crippen LogP contribution < -0.4 is 0 Å². The van der Waals surface area contributed by atoms with Crippen molar-refractivity contribution in [1.82, 2.24) is 15.1 Å². The first-order valence-corrected chi connectivity index (χ1v) is 10.0. The lowest BCUT2D eigenvalue weighted by molar-refractivity contribution is 0.0422. The summed E-state index contributed by atoms with van der Waals surface area (Å²) < 4.78 is 15.5. The van der Waals surface area contributed by atoms with Crippen molar-refractivity contribution in [3.8, 4) is 10.4 Å². The molecule has 2 aromatic heterocycles. The van der Waals surface area contributed by atoms with Crippen LogP contribution >= 0.6 is 22.9 Å². The van der Waals surface area contributed by atoms with Crippen LogP contribution in [0.5, 0.6) is 0 Å². The number of hydrogen-bond donors (Lipinski definition) is 1. The summed E-state index contributed by atoms with van der Waals surface area (Å²) >= 11 is 7.77. The lowest BCUT2D eigenvalue weighted by Crippen LogP contribution is -2.43. The first-order valence-electron chi connectivity index (χ1n) is 8.79. The molecular formula is C20H19ClFN3OS. The third-order valence-corrected chi connectivity index (χ3v) is 6.37. The summed E-state index contributed by atoms with van der Waals surface area (Å²) in [7, 11) is 0. The Morgan fingerprint density at radius 1 is 1.33 bits per heavy atom. The Morgan fingerprint density at radius 2 is 2.11 bits per heavy atom. The van der Waals surface area contributed by atoms with Crippen molar-refractivity contribution in [1.29, 1.82) is 0 Å². The maximum absolute atomic E-state index is 15.5. The lowest BCUT2D eigenvalue weighted by Gasteiger charge is -2.37. The number of rotatable bonds is 3. The normalized spacial score (nSPS) is 16.5. The molecule has 0 bridgehead atoms. The average Bonchev–Trinajstić information content (AvgIpc) is 3.33. The van der Waals surface area contributed by atoms with Gasteiger partial charge < -0.3 is 4.90 Å². The molecular weight excluding hydrogens is 385 g/mol. The van der Waals surface area contributed by atoms with E-state index in [1.807, 2.05) is 24.4 Å². The molecule has 0 spiro atoms.